The van der Waals surface area contributed by atoms with Crippen LogP contribution in [0.3, 0.4) is 0 Å². The summed E-state index contributed by atoms with van der Waals surface area (Å²) in [5, 5.41) is 11.9. The second kappa shape index (κ2) is 15.0. The van der Waals surface area contributed by atoms with Gasteiger partial charge in [-0.15, -0.1) is 0 Å². The van der Waals surface area contributed by atoms with Crippen LogP contribution in [-0.2, 0) is 23.9 Å². The number of carbonyl (C=O) groups excluding carboxylic acids is 3. The van der Waals surface area contributed by atoms with Crippen molar-refractivity contribution in [1.29, 1.82) is 0 Å². The van der Waals surface area contributed by atoms with Crippen LogP contribution in [0.5, 0.6) is 0 Å². The number of nitrogens with zero attached hydrogens (tertiary/aromatic N) is 3. The summed E-state index contributed by atoms with van der Waals surface area (Å²) in [6.07, 6.45) is 0.835. The van der Waals surface area contributed by atoms with E-state index in [1.54, 1.807) is 0 Å². The minimum Gasteiger partial charge on any atom is -0.480 e. The third-order valence-corrected chi connectivity index (χ3v) is 4.88. The van der Waals surface area contributed by atoms with Gasteiger partial charge in [-0.1, -0.05) is 6.92 Å². The molecule has 1 rings (SSSR count). The van der Waals surface area contributed by atoms with Gasteiger partial charge >= 0.3 is 5.97 Å². The highest BCUT2D eigenvalue weighted by atomic mass is 16.5. The van der Waals surface area contributed by atoms with E-state index in [0.717, 1.165) is 0 Å². The van der Waals surface area contributed by atoms with Gasteiger partial charge in [0.2, 0.25) is 5.91 Å². The maximum atomic E-state index is 12.3. The number of carboxylic acid groups (broad SMARTS) is 1. The van der Waals surface area contributed by atoms with Crippen molar-refractivity contribution < 1.29 is 29.0 Å². The number of ketones is 2. The molecule has 0 aromatic carbocycles. The number of hydrogen-bond acceptors (Lipinski definition) is 8. The van der Waals surface area contributed by atoms with E-state index in [0.29, 0.717) is 78.4 Å². The molecule has 172 valence electrons. The van der Waals surface area contributed by atoms with Crippen molar-refractivity contribution in [3.63, 3.8) is 0 Å². The van der Waals surface area contributed by atoms with Gasteiger partial charge in [-0.25, -0.2) is 0 Å². The lowest BCUT2D eigenvalue weighted by molar-refractivity contribution is -0.138. The summed E-state index contributed by atoms with van der Waals surface area (Å²) in [5.74, 6) is -0.809. The Hall–Kier alpha value is -1.88. The summed E-state index contributed by atoms with van der Waals surface area (Å²) in [4.78, 5) is 51.9. The summed E-state index contributed by atoms with van der Waals surface area (Å²) in [6.45, 7) is 8.46. The molecule has 10 nitrogen and oxygen atoms in total. The predicted octanol–water partition coefficient (Wildman–Crippen LogP) is -0.918. The number of Topliss-reactive ketones (excluding diaryl/α,β-unsaturated/α-hetero) is 2. The average Bonchev–Trinajstić information content (AvgIpc) is 2.76. The Kier molecular flexibility index (Phi) is 13.1. The molecule has 1 aliphatic rings. The lowest BCUT2D eigenvalue weighted by Gasteiger charge is -2.24. The number of nitrogens with one attached hydrogen (secondary N) is 1. The highest BCUT2D eigenvalue weighted by Crippen LogP contribution is 2.02. The fourth-order valence-electron chi connectivity index (χ4n) is 3.05. The standard InChI is InChI=1S/C20H36N4O6/c1-3-18(26)14-22-6-8-23(9-11-24(10-7-22)16-20(28)29)15-19(27)21-5-13-30-12-4-17(2)25/h3-16H2,1-2H3,(H,21,27)(H,28,29). The molecule has 10 heteroatoms. The molecule has 1 fully saturated rings. The number of aliphatic carboxylic acids is 1. The molecule has 0 spiro atoms. The van der Waals surface area contributed by atoms with E-state index < -0.39 is 5.97 Å². The first-order chi connectivity index (χ1) is 14.3. The van der Waals surface area contributed by atoms with Crippen LogP contribution in [0.1, 0.15) is 26.7 Å². The molecular formula is C20H36N4O6. The van der Waals surface area contributed by atoms with Gasteiger partial charge in [-0.2, -0.15) is 0 Å². The van der Waals surface area contributed by atoms with E-state index in [9.17, 15) is 19.2 Å². The van der Waals surface area contributed by atoms with Gasteiger partial charge in [0.25, 0.3) is 0 Å². The first-order valence-corrected chi connectivity index (χ1v) is 10.5. The van der Waals surface area contributed by atoms with Crippen LogP contribution in [0.15, 0.2) is 0 Å². The molecule has 0 atom stereocenters. The summed E-state index contributed by atoms with van der Waals surface area (Å²) in [5.41, 5.74) is 0. The van der Waals surface area contributed by atoms with Gasteiger partial charge < -0.3 is 15.2 Å². The number of hydrogen-bond donors (Lipinski definition) is 2. The van der Waals surface area contributed by atoms with Gasteiger partial charge in [0.15, 0.2) is 0 Å². The Morgan fingerprint density at radius 2 is 1.40 bits per heavy atom. The SMILES string of the molecule is CCC(=O)CN1CCN(CC(=O)O)CCN(CC(=O)NCCOCCC(C)=O)CC1. The van der Waals surface area contributed by atoms with E-state index in [1.165, 1.54) is 6.92 Å². The van der Waals surface area contributed by atoms with Crippen molar-refractivity contribution in [3.05, 3.63) is 0 Å². The highest BCUT2D eigenvalue weighted by molar-refractivity contribution is 5.80. The van der Waals surface area contributed by atoms with E-state index in [2.05, 4.69) is 5.32 Å². The third kappa shape index (κ3) is 12.6. The molecule has 0 radical (unpaired) electrons. The number of rotatable bonds is 13. The largest absolute Gasteiger partial charge is 0.480 e. The highest BCUT2D eigenvalue weighted by Gasteiger charge is 2.20. The van der Waals surface area contributed by atoms with Crippen molar-refractivity contribution >= 4 is 23.4 Å². The molecule has 1 saturated heterocycles. The zero-order valence-corrected chi connectivity index (χ0v) is 18.2. The van der Waals surface area contributed by atoms with Crippen LogP contribution in [0.2, 0.25) is 0 Å². The average molecular weight is 429 g/mol. The molecule has 0 bridgehead atoms. The van der Waals surface area contributed by atoms with E-state index >= 15 is 0 Å². The van der Waals surface area contributed by atoms with E-state index in [4.69, 9.17) is 9.84 Å². The molecule has 1 aliphatic heterocycles. The van der Waals surface area contributed by atoms with Gasteiger partial charge in [0.05, 0.1) is 32.8 Å². The maximum absolute atomic E-state index is 12.3. The Morgan fingerprint density at radius 1 is 0.867 bits per heavy atom. The van der Waals surface area contributed by atoms with Gasteiger partial charge in [-0.3, -0.25) is 33.9 Å². The van der Waals surface area contributed by atoms with Crippen LogP contribution in [0.25, 0.3) is 0 Å². The van der Waals surface area contributed by atoms with Gasteiger partial charge in [0.1, 0.15) is 11.6 Å². The third-order valence-electron chi connectivity index (χ3n) is 4.88. The maximum Gasteiger partial charge on any atom is 0.317 e. The smallest absolute Gasteiger partial charge is 0.317 e. The van der Waals surface area contributed by atoms with Gasteiger partial charge in [-0.05, 0) is 6.92 Å². The summed E-state index contributed by atoms with van der Waals surface area (Å²) in [7, 11) is 0. The van der Waals surface area contributed by atoms with E-state index in [-0.39, 0.29) is 30.6 Å². The van der Waals surface area contributed by atoms with Crippen molar-refractivity contribution in [3.8, 4) is 0 Å². The Labute approximate surface area is 178 Å². The number of ether oxygens (including phenoxy) is 1. The summed E-state index contributed by atoms with van der Waals surface area (Å²) in [6, 6.07) is 0. The number of carbonyl (C=O) groups is 4. The molecule has 1 amide bonds. The lowest BCUT2D eigenvalue weighted by Crippen LogP contribution is -2.43. The second-order valence-electron chi connectivity index (χ2n) is 7.53. The van der Waals surface area contributed by atoms with Crippen LogP contribution < -0.4 is 5.32 Å². The van der Waals surface area contributed by atoms with E-state index in [1.807, 2.05) is 21.6 Å². The van der Waals surface area contributed by atoms with Crippen LogP contribution in [0, 0.1) is 0 Å². The first-order valence-electron chi connectivity index (χ1n) is 10.5. The van der Waals surface area contributed by atoms with Crippen molar-refractivity contribution in [1.82, 2.24) is 20.0 Å². The molecule has 0 unspecified atom stereocenters. The summed E-state index contributed by atoms with van der Waals surface area (Å²) < 4.78 is 5.30. The number of carboxylic acids is 1. The first kappa shape index (κ1) is 26.2. The zero-order chi connectivity index (χ0) is 22.4. The molecule has 0 saturated carbocycles. The monoisotopic (exact) mass is 428 g/mol. The molecule has 0 aromatic rings. The van der Waals surface area contributed by atoms with Crippen LogP contribution >= 0.6 is 0 Å². The van der Waals surface area contributed by atoms with Crippen LogP contribution in [0.4, 0.5) is 0 Å². The van der Waals surface area contributed by atoms with Crippen molar-refractivity contribution in [2.45, 2.75) is 26.7 Å². The summed E-state index contributed by atoms with van der Waals surface area (Å²) >= 11 is 0. The normalized spacial score (nSPS) is 17.0. The lowest BCUT2D eigenvalue weighted by atomic mass is 10.3. The fraction of sp³-hybridized carbons (Fsp3) is 0.800. The molecular weight excluding hydrogens is 392 g/mol. The molecule has 30 heavy (non-hydrogen) atoms. The molecule has 0 aliphatic carbocycles. The minimum atomic E-state index is -0.889. The zero-order valence-electron chi connectivity index (χ0n) is 18.2. The predicted molar refractivity (Wildman–Crippen MR) is 111 cm³/mol. The second-order valence-corrected chi connectivity index (χ2v) is 7.53. The fourth-order valence-corrected chi connectivity index (χ4v) is 3.05. The molecule has 0 aromatic heterocycles. The topological polar surface area (TPSA) is 119 Å². The van der Waals surface area contributed by atoms with Crippen LogP contribution in [-0.4, -0.2) is 122 Å². The van der Waals surface area contributed by atoms with Crippen molar-refractivity contribution in [2.75, 3.05) is 78.7 Å². The Bertz CT molecular complexity index is 571. The van der Waals surface area contributed by atoms with Gasteiger partial charge in [0, 0.05) is 58.7 Å². The molecule has 2 N–H and O–H groups in total. The quantitative estimate of drug-likeness (QED) is 0.359. The minimum absolute atomic E-state index is 0.0623. The molecule has 1 heterocycles. The van der Waals surface area contributed by atoms with Crippen molar-refractivity contribution in [2.24, 2.45) is 0 Å². The Balaban J connectivity index is 2.51. The number of amides is 1. The Morgan fingerprint density at radius 3 is 1.90 bits per heavy atom.